The number of nitrogens with two attached hydrogens (primary N) is 1. The van der Waals surface area contributed by atoms with Crippen molar-refractivity contribution < 1.29 is 4.79 Å². The zero-order valence-electron chi connectivity index (χ0n) is 8.43. The molecule has 0 saturated heterocycles. The summed E-state index contributed by atoms with van der Waals surface area (Å²) in [6, 6.07) is 9.35. The lowest BCUT2D eigenvalue weighted by Crippen LogP contribution is -2.28. The van der Waals surface area contributed by atoms with Crippen LogP contribution in [0.15, 0.2) is 30.3 Å². The van der Waals surface area contributed by atoms with Crippen molar-refractivity contribution in [3.63, 3.8) is 0 Å². The number of carbonyl (C=O) groups is 1. The standard InChI is InChI=1S/C10H13N3OS/c1-13(8-5-3-2-4-6-8)9(14)7-15-10(11)12/h2-6H,7H2,1H3,(H3,11,12). The van der Waals surface area contributed by atoms with E-state index in [0.717, 1.165) is 17.4 Å². The van der Waals surface area contributed by atoms with E-state index < -0.39 is 0 Å². The summed E-state index contributed by atoms with van der Waals surface area (Å²) in [7, 11) is 1.71. The van der Waals surface area contributed by atoms with Crippen molar-refractivity contribution in [3.8, 4) is 0 Å². The van der Waals surface area contributed by atoms with Gasteiger partial charge in [0.05, 0.1) is 5.75 Å². The summed E-state index contributed by atoms with van der Waals surface area (Å²) in [5, 5.41) is 6.97. The lowest BCUT2D eigenvalue weighted by atomic mass is 10.3. The van der Waals surface area contributed by atoms with Gasteiger partial charge in [0.25, 0.3) is 0 Å². The minimum atomic E-state index is -0.0681. The summed E-state index contributed by atoms with van der Waals surface area (Å²) in [5.41, 5.74) is 5.99. The van der Waals surface area contributed by atoms with E-state index in [1.54, 1.807) is 11.9 Å². The van der Waals surface area contributed by atoms with Gasteiger partial charge in [-0.3, -0.25) is 10.2 Å². The highest BCUT2D eigenvalue weighted by molar-refractivity contribution is 8.14. The Kier molecular flexibility index (Phi) is 4.17. The van der Waals surface area contributed by atoms with Crippen LogP contribution in [0.5, 0.6) is 0 Å². The fourth-order valence-corrected chi connectivity index (χ4v) is 1.50. The molecule has 0 unspecified atom stereocenters. The summed E-state index contributed by atoms with van der Waals surface area (Å²) >= 11 is 1.03. The molecule has 0 aliphatic rings. The van der Waals surface area contributed by atoms with Crippen molar-refractivity contribution in [2.45, 2.75) is 0 Å². The average Bonchev–Trinajstić information content (AvgIpc) is 2.26. The molecule has 3 N–H and O–H groups in total. The van der Waals surface area contributed by atoms with Gasteiger partial charge in [0.15, 0.2) is 5.17 Å². The van der Waals surface area contributed by atoms with Gasteiger partial charge in [-0.25, -0.2) is 0 Å². The van der Waals surface area contributed by atoms with Crippen LogP contribution in [0.4, 0.5) is 5.69 Å². The largest absolute Gasteiger partial charge is 0.379 e. The molecule has 0 spiro atoms. The van der Waals surface area contributed by atoms with Gasteiger partial charge in [0.1, 0.15) is 0 Å². The van der Waals surface area contributed by atoms with Crippen LogP contribution in [0.1, 0.15) is 0 Å². The molecular formula is C10H13N3OS. The smallest absolute Gasteiger partial charge is 0.237 e. The lowest BCUT2D eigenvalue weighted by Gasteiger charge is -2.16. The van der Waals surface area contributed by atoms with Crippen molar-refractivity contribution in [1.29, 1.82) is 5.41 Å². The van der Waals surface area contributed by atoms with Gasteiger partial charge in [0, 0.05) is 12.7 Å². The molecule has 1 amide bonds. The highest BCUT2D eigenvalue weighted by atomic mass is 32.2. The Morgan fingerprint density at radius 3 is 2.60 bits per heavy atom. The van der Waals surface area contributed by atoms with E-state index in [1.807, 2.05) is 30.3 Å². The predicted octanol–water partition coefficient (Wildman–Crippen LogP) is 1.28. The predicted molar refractivity (Wildman–Crippen MR) is 64.2 cm³/mol. The molecule has 0 heterocycles. The first-order valence-corrected chi connectivity index (χ1v) is 5.38. The number of benzene rings is 1. The first-order valence-electron chi connectivity index (χ1n) is 4.39. The molecule has 0 aromatic heterocycles. The zero-order valence-corrected chi connectivity index (χ0v) is 9.25. The molecule has 5 heteroatoms. The molecule has 0 aliphatic heterocycles. The minimum Gasteiger partial charge on any atom is -0.379 e. The van der Waals surface area contributed by atoms with Crippen LogP contribution < -0.4 is 10.6 Å². The number of hydrogen-bond donors (Lipinski definition) is 2. The number of amidine groups is 1. The normalized spacial score (nSPS) is 9.67. The highest BCUT2D eigenvalue weighted by Gasteiger charge is 2.10. The van der Waals surface area contributed by atoms with E-state index in [2.05, 4.69) is 0 Å². The number of amides is 1. The van der Waals surface area contributed by atoms with Gasteiger partial charge < -0.3 is 10.6 Å². The molecule has 80 valence electrons. The molecule has 1 aromatic rings. The SMILES string of the molecule is CN(C(=O)CSC(=N)N)c1ccccc1. The fraction of sp³-hybridized carbons (Fsp3) is 0.200. The molecule has 0 fully saturated rings. The Bertz CT molecular complexity index is 353. The molecule has 0 aliphatic carbocycles. The van der Waals surface area contributed by atoms with Crippen molar-refractivity contribution in [2.75, 3.05) is 17.7 Å². The third-order valence-corrected chi connectivity index (χ3v) is 2.57. The Hall–Kier alpha value is -1.49. The number of thioether (sulfide) groups is 1. The zero-order chi connectivity index (χ0) is 11.3. The molecular weight excluding hydrogens is 210 g/mol. The lowest BCUT2D eigenvalue weighted by molar-refractivity contribution is -0.115. The fourth-order valence-electron chi connectivity index (χ4n) is 1.03. The molecule has 15 heavy (non-hydrogen) atoms. The molecule has 0 radical (unpaired) electrons. The van der Waals surface area contributed by atoms with E-state index in [-0.39, 0.29) is 16.8 Å². The summed E-state index contributed by atoms with van der Waals surface area (Å²) in [6.07, 6.45) is 0. The Balaban J connectivity index is 2.57. The molecule has 1 aromatic carbocycles. The summed E-state index contributed by atoms with van der Waals surface area (Å²) in [4.78, 5) is 13.2. The van der Waals surface area contributed by atoms with Gasteiger partial charge >= 0.3 is 0 Å². The van der Waals surface area contributed by atoms with Crippen LogP contribution >= 0.6 is 11.8 Å². The van der Waals surface area contributed by atoms with Crippen LogP contribution in [-0.2, 0) is 4.79 Å². The van der Waals surface area contributed by atoms with Gasteiger partial charge in [-0.2, -0.15) is 0 Å². The van der Waals surface area contributed by atoms with Crippen molar-refractivity contribution in [2.24, 2.45) is 5.73 Å². The molecule has 0 saturated carbocycles. The number of hydrogen-bond acceptors (Lipinski definition) is 3. The monoisotopic (exact) mass is 223 g/mol. The highest BCUT2D eigenvalue weighted by Crippen LogP contribution is 2.12. The van der Waals surface area contributed by atoms with E-state index in [1.165, 1.54) is 0 Å². The van der Waals surface area contributed by atoms with Crippen molar-refractivity contribution in [3.05, 3.63) is 30.3 Å². The summed E-state index contributed by atoms with van der Waals surface area (Å²) in [5.74, 6) is 0.127. The maximum atomic E-state index is 11.6. The third-order valence-electron chi connectivity index (χ3n) is 1.87. The summed E-state index contributed by atoms with van der Waals surface area (Å²) < 4.78 is 0. The third kappa shape index (κ3) is 3.63. The molecule has 1 rings (SSSR count). The van der Waals surface area contributed by atoms with Crippen LogP contribution in [-0.4, -0.2) is 23.9 Å². The van der Waals surface area contributed by atoms with Crippen LogP contribution in [0.3, 0.4) is 0 Å². The van der Waals surface area contributed by atoms with Gasteiger partial charge in [-0.05, 0) is 12.1 Å². The van der Waals surface area contributed by atoms with E-state index in [4.69, 9.17) is 11.1 Å². The number of nitrogens with one attached hydrogen (secondary N) is 1. The second kappa shape index (κ2) is 5.41. The van der Waals surface area contributed by atoms with E-state index in [9.17, 15) is 4.79 Å². The molecule has 0 bridgehead atoms. The van der Waals surface area contributed by atoms with Crippen LogP contribution in [0.2, 0.25) is 0 Å². The first-order chi connectivity index (χ1) is 7.11. The second-order valence-electron chi connectivity index (χ2n) is 2.94. The number of rotatable bonds is 3. The Labute approximate surface area is 93.0 Å². The minimum absolute atomic E-state index is 0.0372. The average molecular weight is 223 g/mol. The molecule has 4 nitrogen and oxygen atoms in total. The van der Waals surface area contributed by atoms with Gasteiger partial charge in [0.2, 0.25) is 5.91 Å². The Morgan fingerprint density at radius 1 is 1.47 bits per heavy atom. The van der Waals surface area contributed by atoms with Crippen LogP contribution in [0.25, 0.3) is 0 Å². The maximum absolute atomic E-state index is 11.6. The topological polar surface area (TPSA) is 70.2 Å². The van der Waals surface area contributed by atoms with Crippen LogP contribution in [0, 0.1) is 5.41 Å². The van der Waals surface area contributed by atoms with E-state index in [0.29, 0.717) is 0 Å². The van der Waals surface area contributed by atoms with Gasteiger partial charge in [-0.15, -0.1) is 0 Å². The molecule has 0 atom stereocenters. The quantitative estimate of drug-likeness (QED) is 0.599. The second-order valence-corrected chi connectivity index (χ2v) is 3.96. The maximum Gasteiger partial charge on any atom is 0.237 e. The number of nitrogens with zero attached hydrogens (tertiary/aromatic N) is 1. The van der Waals surface area contributed by atoms with E-state index >= 15 is 0 Å². The number of para-hydroxylation sites is 1. The van der Waals surface area contributed by atoms with Crippen molar-refractivity contribution in [1.82, 2.24) is 0 Å². The number of carbonyl (C=O) groups excluding carboxylic acids is 1. The van der Waals surface area contributed by atoms with Gasteiger partial charge in [-0.1, -0.05) is 30.0 Å². The Morgan fingerprint density at radius 2 is 2.07 bits per heavy atom. The summed E-state index contributed by atoms with van der Waals surface area (Å²) in [6.45, 7) is 0. The van der Waals surface area contributed by atoms with Crippen molar-refractivity contribution >= 4 is 28.5 Å². The first kappa shape index (κ1) is 11.6. The number of anilines is 1.